The lowest BCUT2D eigenvalue weighted by molar-refractivity contribution is 0.399. The van der Waals surface area contributed by atoms with E-state index in [4.69, 9.17) is 0 Å². The van der Waals surface area contributed by atoms with Gasteiger partial charge in [0.2, 0.25) is 0 Å². The van der Waals surface area contributed by atoms with Crippen molar-refractivity contribution in [1.82, 2.24) is 5.32 Å². The van der Waals surface area contributed by atoms with Crippen LogP contribution in [0, 0.1) is 11.7 Å². The first-order chi connectivity index (χ1) is 8.71. The highest BCUT2D eigenvalue weighted by atomic mass is 19.1. The van der Waals surface area contributed by atoms with Gasteiger partial charge in [-0.25, -0.2) is 4.39 Å². The third-order valence-corrected chi connectivity index (χ3v) is 3.73. The molecule has 1 atom stereocenters. The normalized spacial score (nSPS) is 12.9. The van der Waals surface area contributed by atoms with Crippen LogP contribution in [0.25, 0.3) is 0 Å². The van der Waals surface area contributed by atoms with Crippen LogP contribution < -0.4 is 5.32 Å². The molecule has 0 amide bonds. The zero-order valence-corrected chi connectivity index (χ0v) is 11.9. The Hall–Kier alpha value is -0.890. The van der Waals surface area contributed by atoms with Crippen LogP contribution in [0.4, 0.5) is 4.39 Å². The summed E-state index contributed by atoms with van der Waals surface area (Å²) in [6, 6.07) is 7.07. The van der Waals surface area contributed by atoms with Crippen LogP contribution >= 0.6 is 0 Å². The molecular formula is C16H26FN. The highest BCUT2D eigenvalue weighted by molar-refractivity contribution is 5.21. The van der Waals surface area contributed by atoms with Crippen molar-refractivity contribution in [1.29, 1.82) is 0 Å². The highest BCUT2D eigenvalue weighted by Gasteiger charge is 2.16. The topological polar surface area (TPSA) is 12.0 Å². The van der Waals surface area contributed by atoms with E-state index in [9.17, 15) is 4.39 Å². The van der Waals surface area contributed by atoms with Crippen molar-refractivity contribution in [3.63, 3.8) is 0 Å². The van der Waals surface area contributed by atoms with Crippen molar-refractivity contribution >= 4 is 0 Å². The zero-order valence-electron chi connectivity index (χ0n) is 11.9. The van der Waals surface area contributed by atoms with Gasteiger partial charge in [0.15, 0.2) is 0 Å². The van der Waals surface area contributed by atoms with Gasteiger partial charge in [-0.05, 0) is 42.5 Å². The van der Waals surface area contributed by atoms with Gasteiger partial charge < -0.3 is 5.32 Å². The van der Waals surface area contributed by atoms with Crippen LogP contribution in [-0.2, 0) is 0 Å². The molecule has 0 heterocycles. The standard InChI is InChI=1S/C16H26FN/c1-4-13(5-2)10-15(12-18-6-3)14-8-7-9-16(17)11-14/h7-9,11,13,15,18H,4-6,10,12H2,1-3H3. The minimum atomic E-state index is -0.126. The summed E-state index contributed by atoms with van der Waals surface area (Å²) in [6.07, 6.45) is 3.55. The van der Waals surface area contributed by atoms with Gasteiger partial charge in [-0.3, -0.25) is 0 Å². The van der Waals surface area contributed by atoms with Gasteiger partial charge in [0, 0.05) is 6.54 Å². The summed E-state index contributed by atoms with van der Waals surface area (Å²) in [6.45, 7) is 8.50. The average molecular weight is 251 g/mol. The van der Waals surface area contributed by atoms with Crippen molar-refractivity contribution < 1.29 is 4.39 Å². The smallest absolute Gasteiger partial charge is 0.123 e. The number of rotatable bonds is 8. The molecule has 102 valence electrons. The lowest BCUT2D eigenvalue weighted by Gasteiger charge is -2.22. The van der Waals surface area contributed by atoms with Crippen molar-refractivity contribution in [2.75, 3.05) is 13.1 Å². The molecule has 0 aliphatic heterocycles. The largest absolute Gasteiger partial charge is 0.316 e. The maximum atomic E-state index is 13.3. The predicted molar refractivity (Wildman–Crippen MR) is 76.4 cm³/mol. The molecule has 0 saturated heterocycles. The van der Waals surface area contributed by atoms with Gasteiger partial charge in [0.05, 0.1) is 0 Å². The first kappa shape index (κ1) is 15.2. The Morgan fingerprint density at radius 2 is 1.89 bits per heavy atom. The number of likely N-dealkylation sites (N-methyl/N-ethyl adjacent to an activating group) is 1. The second-order valence-electron chi connectivity index (χ2n) is 4.98. The summed E-state index contributed by atoms with van der Waals surface area (Å²) in [5.74, 6) is 1.03. The molecule has 0 aromatic heterocycles. The molecule has 0 bridgehead atoms. The SMILES string of the molecule is CCNCC(CC(CC)CC)c1cccc(F)c1. The summed E-state index contributed by atoms with van der Waals surface area (Å²) in [5.41, 5.74) is 1.13. The summed E-state index contributed by atoms with van der Waals surface area (Å²) >= 11 is 0. The molecule has 1 aromatic rings. The van der Waals surface area contributed by atoms with E-state index in [0.717, 1.165) is 31.0 Å². The Kier molecular flexibility index (Phi) is 6.96. The minimum Gasteiger partial charge on any atom is -0.316 e. The molecule has 0 aliphatic rings. The Bertz CT molecular complexity index is 334. The van der Waals surface area contributed by atoms with Crippen molar-refractivity contribution in [2.24, 2.45) is 5.92 Å². The fraction of sp³-hybridized carbons (Fsp3) is 0.625. The van der Waals surface area contributed by atoms with Crippen LogP contribution in [0.15, 0.2) is 24.3 Å². The van der Waals surface area contributed by atoms with Crippen molar-refractivity contribution in [2.45, 2.75) is 46.0 Å². The first-order valence-corrected chi connectivity index (χ1v) is 7.17. The third-order valence-electron chi connectivity index (χ3n) is 3.73. The van der Waals surface area contributed by atoms with Gasteiger partial charge >= 0.3 is 0 Å². The molecule has 1 aromatic carbocycles. The number of benzene rings is 1. The van der Waals surface area contributed by atoms with Crippen LogP contribution in [0.5, 0.6) is 0 Å². The quantitative estimate of drug-likeness (QED) is 0.724. The van der Waals surface area contributed by atoms with E-state index in [0.29, 0.717) is 5.92 Å². The van der Waals surface area contributed by atoms with E-state index in [2.05, 4.69) is 26.1 Å². The zero-order chi connectivity index (χ0) is 13.4. The third kappa shape index (κ3) is 4.77. The number of halogens is 1. The van der Waals surface area contributed by atoms with Crippen molar-refractivity contribution in [3.05, 3.63) is 35.6 Å². The summed E-state index contributed by atoms with van der Waals surface area (Å²) in [5, 5.41) is 3.40. The van der Waals surface area contributed by atoms with E-state index in [1.54, 1.807) is 6.07 Å². The fourth-order valence-electron chi connectivity index (χ4n) is 2.44. The van der Waals surface area contributed by atoms with Gasteiger partial charge in [0.25, 0.3) is 0 Å². The Balaban J connectivity index is 2.76. The number of hydrogen-bond donors (Lipinski definition) is 1. The summed E-state index contributed by atoms with van der Waals surface area (Å²) in [7, 11) is 0. The Morgan fingerprint density at radius 3 is 2.44 bits per heavy atom. The van der Waals surface area contributed by atoms with Gasteiger partial charge in [-0.1, -0.05) is 45.7 Å². The monoisotopic (exact) mass is 251 g/mol. The highest BCUT2D eigenvalue weighted by Crippen LogP contribution is 2.27. The van der Waals surface area contributed by atoms with E-state index in [1.807, 2.05) is 12.1 Å². The molecule has 18 heavy (non-hydrogen) atoms. The second kappa shape index (κ2) is 8.25. The van der Waals surface area contributed by atoms with Gasteiger partial charge in [0.1, 0.15) is 5.82 Å². The molecule has 1 nitrogen and oxygen atoms in total. The lowest BCUT2D eigenvalue weighted by Crippen LogP contribution is -2.23. The maximum Gasteiger partial charge on any atom is 0.123 e. The van der Waals surface area contributed by atoms with Gasteiger partial charge in [-0.15, -0.1) is 0 Å². The molecule has 1 N–H and O–H groups in total. The van der Waals surface area contributed by atoms with Crippen molar-refractivity contribution in [3.8, 4) is 0 Å². The van der Waals surface area contributed by atoms with E-state index in [1.165, 1.54) is 18.9 Å². The molecule has 0 spiro atoms. The molecule has 0 aliphatic carbocycles. The van der Waals surface area contributed by atoms with E-state index >= 15 is 0 Å². The molecule has 0 saturated carbocycles. The summed E-state index contributed by atoms with van der Waals surface area (Å²) < 4.78 is 13.3. The summed E-state index contributed by atoms with van der Waals surface area (Å²) in [4.78, 5) is 0. The van der Waals surface area contributed by atoms with Crippen LogP contribution in [0.1, 0.15) is 51.5 Å². The lowest BCUT2D eigenvalue weighted by atomic mass is 9.86. The van der Waals surface area contributed by atoms with Crippen LogP contribution in [0.3, 0.4) is 0 Å². The van der Waals surface area contributed by atoms with Gasteiger partial charge in [-0.2, -0.15) is 0 Å². The Morgan fingerprint density at radius 1 is 1.17 bits per heavy atom. The molecule has 1 unspecified atom stereocenters. The molecule has 2 heteroatoms. The predicted octanol–water partition coefficient (Wildman–Crippen LogP) is 4.35. The molecule has 1 rings (SSSR count). The average Bonchev–Trinajstić information content (AvgIpc) is 2.39. The van der Waals surface area contributed by atoms with E-state index < -0.39 is 0 Å². The van der Waals surface area contributed by atoms with Crippen LogP contribution in [0.2, 0.25) is 0 Å². The molecular weight excluding hydrogens is 225 g/mol. The Labute approximate surface area is 111 Å². The maximum absolute atomic E-state index is 13.3. The fourth-order valence-corrected chi connectivity index (χ4v) is 2.44. The molecule has 0 radical (unpaired) electrons. The molecule has 0 fully saturated rings. The number of nitrogens with one attached hydrogen (secondary N) is 1. The van der Waals surface area contributed by atoms with E-state index in [-0.39, 0.29) is 5.82 Å². The van der Waals surface area contributed by atoms with Crippen LogP contribution in [-0.4, -0.2) is 13.1 Å². The second-order valence-corrected chi connectivity index (χ2v) is 4.98. The first-order valence-electron chi connectivity index (χ1n) is 7.17. The number of hydrogen-bond acceptors (Lipinski definition) is 1. The minimum absolute atomic E-state index is 0.126.